The molecule has 6 nitrogen and oxygen atoms in total. The molecule has 23 heavy (non-hydrogen) atoms. The molecule has 0 rings (SSSR count). The van der Waals surface area contributed by atoms with Crippen LogP contribution in [0.1, 0.15) is 27.2 Å². The number of carbonyl (C=O) groups excluding carboxylic acids is 3. The molecule has 0 aliphatic rings. The highest BCUT2D eigenvalue weighted by molar-refractivity contribution is 5.93. The van der Waals surface area contributed by atoms with Crippen LogP contribution in [0.3, 0.4) is 0 Å². The van der Waals surface area contributed by atoms with Crippen LogP contribution in [0.5, 0.6) is 0 Å². The first-order chi connectivity index (χ1) is 10.7. The Morgan fingerprint density at radius 3 is 1.70 bits per heavy atom. The Labute approximate surface area is 138 Å². The standard InChI is InChI=1S/C17H27N3O3/c1-12(2)15(21)18-8-7-10-20(17(23)14(5)6)11-9-19-16(22)13(3)4/h1,3,5,7-11H2,2,4,6H3,(H,18,21)(H,19,22). The fourth-order valence-corrected chi connectivity index (χ4v) is 1.66. The minimum absolute atomic E-state index is 0.166. The molecular weight excluding hydrogens is 294 g/mol. The van der Waals surface area contributed by atoms with Gasteiger partial charge in [0, 0.05) is 42.9 Å². The second-order valence-electron chi connectivity index (χ2n) is 5.50. The van der Waals surface area contributed by atoms with Gasteiger partial charge in [0.25, 0.3) is 0 Å². The van der Waals surface area contributed by atoms with Crippen molar-refractivity contribution in [2.45, 2.75) is 27.2 Å². The van der Waals surface area contributed by atoms with Crippen molar-refractivity contribution < 1.29 is 14.4 Å². The number of nitrogens with one attached hydrogen (secondary N) is 2. The largest absolute Gasteiger partial charge is 0.352 e. The molecule has 0 atom stereocenters. The Morgan fingerprint density at radius 1 is 0.783 bits per heavy atom. The number of carbonyl (C=O) groups is 3. The molecule has 3 amide bonds. The molecule has 0 heterocycles. The van der Waals surface area contributed by atoms with Gasteiger partial charge in [0.2, 0.25) is 17.7 Å². The minimum Gasteiger partial charge on any atom is -0.352 e. The lowest BCUT2D eigenvalue weighted by Gasteiger charge is -2.23. The first kappa shape index (κ1) is 20.6. The fraction of sp³-hybridized carbons (Fsp3) is 0.471. The predicted molar refractivity (Wildman–Crippen MR) is 91.7 cm³/mol. The van der Waals surface area contributed by atoms with Crippen LogP contribution in [0.4, 0.5) is 0 Å². The summed E-state index contributed by atoms with van der Waals surface area (Å²) < 4.78 is 0. The molecule has 0 aromatic rings. The molecule has 0 aromatic carbocycles. The van der Waals surface area contributed by atoms with E-state index in [4.69, 9.17) is 0 Å². The average molecular weight is 321 g/mol. The first-order valence-corrected chi connectivity index (χ1v) is 7.49. The number of rotatable bonds is 10. The molecule has 6 heteroatoms. The van der Waals surface area contributed by atoms with Gasteiger partial charge in [0.1, 0.15) is 0 Å². The number of nitrogens with zero attached hydrogens (tertiary/aromatic N) is 1. The van der Waals surface area contributed by atoms with Crippen LogP contribution in [0.15, 0.2) is 36.5 Å². The van der Waals surface area contributed by atoms with Gasteiger partial charge >= 0.3 is 0 Å². The molecule has 128 valence electrons. The monoisotopic (exact) mass is 321 g/mol. The first-order valence-electron chi connectivity index (χ1n) is 7.49. The van der Waals surface area contributed by atoms with Gasteiger partial charge in [-0.2, -0.15) is 0 Å². The second kappa shape index (κ2) is 10.4. The molecule has 0 saturated carbocycles. The molecule has 0 spiro atoms. The summed E-state index contributed by atoms with van der Waals surface area (Å²) in [6.07, 6.45) is 0.604. The summed E-state index contributed by atoms with van der Waals surface area (Å²) in [6.45, 7) is 17.3. The van der Waals surface area contributed by atoms with E-state index < -0.39 is 0 Å². The normalized spacial score (nSPS) is 9.70. The zero-order valence-electron chi connectivity index (χ0n) is 14.3. The third-order valence-electron chi connectivity index (χ3n) is 2.99. The zero-order valence-corrected chi connectivity index (χ0v) is 14.3. The van der Waals surface area contributed by atoms with Crippen LogP contribution in [0.25, 0.3) is 0 Å². The van der Waals surface area contributed by atoms with Gasteiger partial charge in [-0.15, -0.1) is 0 Å². The Morgan fingerprint density at radius 2 is 1.26 bits per heavy atom. The number of hydrogen-bond acceptors (Lipinski definition) is 3. The Bertz CT molecular complexity index is 509. The van der Waals surface area contributed by atoms with Gasteiger partial charge in [-0.1, -0.05) is 19.7 Å². The van der Waals surface area contributed by atoms with E-state index in [1.165, 1.54) is 0 Å². The van der Waals surface area contributed by atoms with Gasteiger partial charge < -0.3 is 15.5 Å². The van der Waals surface area contributed by atoms with Crippen LogP contribution in [0, 0.1) is 0 Å². The van der Waals surface area contributed by atoms with E-state index in [0.717, 1.165) is 0 Å². The van der Waals surface area contributed by atoms with Crippen molar-refractivity contribution >= 4 is 17.7 Å². The highest BCUT2D eigenvalue weighted by atomic mass is 16.2. The van der Waals surface area contributed by atoms with E-state index in [9.17, 15) is 14.4 Å². The maximum Gasteiger partial charge on any atom is 0.248 e. The van der Waals surface area contributed by atoms with Crippen LogP contribution >= 0.6 is 0 Å². The Balaban J connectivity index is 4.36. The Kier molecular flexibility index (Phi) is 9.30. The maximum atomic E-state index is 12.1. The molecule has 0 radical (unpaired) electrons. The summed E-state index contributed by atoms with van der Waals surface area (Å²) >= 11 is 0. The molecule has 0 aliphatic carbocycles. The molecule has 0 fully saturated rings. The highest BCUT2D eigenvalue weighted by Gasteiger charge is 2.14. The summed E-state index contributed by atoms with van der Waals surface area (Å²) in [5.74, 6) is -0.598. The summed E-state index contributed by atoms with van der Waals surface area (Å²) in [4.78, 5) is 36.5. The van der Waals surface area contributed by atoms with E-state index in [1.807, 2.05) is 0 Å². The van der Waals surface area contributed by atoms with Crippen molar-refractivity contribution in [1.29, 1.82) is 0 Å². The van der Waals surface area contributed by atoms with Crippen molar-refractivity contribution in [3.63, 3.8) is 0 Å². The van der Waals surface area contributed by atoms with Gasteiger partial charge in [0.15, 0.2) is 0 Å². The van der Waals surface area contributed by atoms with Gasteiger partial charge in [-0.3, -0.25) is 14.4 Å². The van der Waals surface area contributed by atoms with Crippen LogP contribution in [0.2, 0.25) is 0 Å². The third-order valence-corrected chi connectivity index (χ3v) is 2.99. The summed E-state index contributed by atoms with van der Waals surface area (Å²) in [5.41, 5.74) is 1.30. The van der Waals surface area contributed by atoms with Crippen molar-refractivity contribution in [2.75, 3.05) is 26.2 Å². The summed E-state index contributed by atoms with van der Waals surface area (Å²) in [5, 5.41) is 5.40. The lowest BCUT2D eigenvalue weighted by atomic mass is 10.2. The lowest BCUT2D eigenvalue weighted by Crippen LogP contribution is -2.40. The second-order valence-corrected chi connectivity index (χ2v) is 5.50. The molecule has 0 bridgehead atoms. The highest BCUT2D eigenvalue weighted by Crippen LogP contribution is 2.00. The van der Waals surface area contributed by atoms with Crippen molar-refractivity contribution in [1.82, 2.24) is 15.5 Å². The van der Waals surface area contributed by atoms with Gasteiger partial charge in [-0.25, -0.2) is 0 Å². The SMILES string of the molecule is C=C(C)C(=O)NCCCN(CCNC(=O)C(=C)C)C(=O)C(=C)C. The van der Waals surface area contributed by atoms with Gasteiger partial charge in [0.05, 0.1) is 0 Å². The van der Waals surface area contributed by atoms with Crippen molar-refractivity contribution in [3.8, 4) is 0 Å². The minimum atomic E-state index is -0.235. The summed E-state index contributed by atoms with van der Waals surface area (Å²) in [7, 11) is 0. The molecule has 0 aliphatic heterocycles. The quantitative estimate of drug-likeness (QED) is 0.468. The smallest absolute Gasteiger partial charge is 0.248 e. The van der Waals surface area contributed by atoms with E-state index in [1.54, 1.807) is 25.7 Å². The molecule has 2 N–H and O–H groups in total. The number of amides is 3. The van der Waals surface area contributed by atoms with Crippen LogP contribution in [-0.4, -0.2) is 48.8 Å². The topological polar surface area (TPSA) is 78.5 Å². The molecule has 0 aromatic heterocycles. The average Bonchev–Trinajstić information content (AvgIpc) is 2.47. The van der Waals surface area contributed by atoms with E-state index in [2.05, 4.69) is 30.4 Å². The van der Waals surface area contributed by atoms with Crippen LogP contribution < -0.4 is 10.6 Å². The predicted octanol–water partition coefficient (Wildman–Crippen LogP) is 1.17. The van der Waals surface area contributed by atoms with Crippen molar-refractivity contribution in [3.05, 3.63) is 36.5 Å². The van der Waals surface area contributed by atoms with E-state index in [-0.39, 0.29) is 17.7 Å². The maximum absolute atomic E-state index is 12.1. The third kappa shape index (κ3) is 8.60. The lowest BCUT2D eigenvalue weighted by molar-refractivity contribution is -0.127. The van der Waals surface area contributed by atoms with E-state index >= 15 is 0 Å². The van der Waals surface area contributed by atoms with Crippen LogP contribution in [-0.2, 0) is 14.4 Å². The van der Waals surface area contributed by atoms with E-state index in [0.29, 0.717) is 49.3 Å². The van der Waals surface area contributed by atoms with Gasteiger partial charge in [-0.05, 0) is 27.2 Å². The fourth-order valence-electron chi connectivity index (χ4n) is 1.66. The zero-order chi connectivity index (χ0) is 18.0. The number of hydrogen-bond donors (Lipinski definition) is 2. The Hall–Kier alpha value is -2.37. The summed E-state index contributed by atoms with van der Waals surface area (Å²) in [6, 6.07) is 0. The molecular formula is C17H27N3O3. The molecule has 0 unspecified atom stereocenters. The molecule has 0 saturated heterocycles. The van der Waals surface area contributed by atoms with Crippen molar-refractivity contribution in [2.24, 2.45) is 0 Å².